The smallest absolute Gasteiger partial charge is 0.262 e. The summed E-state index contributed by atoms with van der Waals surface area (Å²) in [4.78, 5) is 35.0. The Kier molecular flexibility index (Phi) is 5.83. The maximum absolute atomic E-state index is 11.8. The van der Waals surface area contributed by atoms with Crippen LogP contribution in [0.2, 0.25) is 0 Å². The van der Waals surface area contributed by atoms with Crippen LogP contribution in [-0.2, 0) is 9.59 Å². The summed E-state index contributed by atoms with van der Waals surface area (Å²) in [7, 11) is 0. The molecular formula is C15H17N4O5-. The first kappa shape index (κ1) is 17.4. The van der Waals surface area contributed by atoms with E-state index in [9.17, 15) is 24.8 Å². The first-order valence-electron chi connectivity index (χ1n) is 7.52. The van der Waals surface area contributed by atoms with Crippen molar-refractivity contribution in [2.75, 3.05) is 13.1 Å². The van der Waals surface area contributed by atoms with Crippen LogP contribution in [0.1, 0.15) is 31.2 Å². The number of nitro groups is 1. The number of hydrogen-bond donors (Lipinski definition) is 1. The highest BCUT2D eigenvalue weighted by molar-refractivity contribution is 5.86. The molecule has 1 aromatic rings. The van der Waals surface area contributed by atoms with E-state index in [1.54, 1.807) is 0 Å². The number of hydrogen-bond acceptors (Lipinski definition) is 6. The fraction of sp³-hybridized carbons (Fsp3) is 0.400. The van der Waals surface area contributed by atoms with Gasteiger partial charge in [0.05, 0.1) is 11.1 Å². The van der Waals surface area contributed by atoms with E-state index in [0.717, 1.165) is 31.4 Å². The lowest BCUT2D eigenvalue weighted by molar-refractivity contribution is -0.398. The average Bonchev–Trinajstić information content (AvgIpc) is 2.73. The minimum Gasteiger partial charge on any atom is -0.868 e. The first-order valence-corrected chi connectivity index (χ1v) is 7.52. The number of likely N-dealkylation sites (tertiary alicyclic amines) is 1. The summed E-state index contributed by atoms with van der Waals surface area (Å²) in [6.45, 7) is 0.475. The largest absolute Gasteiger partial charge is 0.868 e. The molecular weight excluding hydrogens is 316 g/mol. The summed E-state index contributed by atoms with van der Waals surface area (Å²) in [5, 5.41) is 25.7. The van der Waals surface area contributed by atoms with E-state index in [0.29, 0.717) is 18.5 Å². The van der Waals surface area contributed by atoms with Crippen molar-refractivity contribution in [2.24, 2.45) is 5.10 Å². The minimum atomic E-state index is -0.775. The monoisotopic (exact) mass is 333 g/mol. The number of benzene rings is 1. The van der Waals surface area contributed by atoms with Gasteiger partial charge in [-0.15, -0.1) is 0 Å². The average molecular weight is 333 g/mol. The predicted octanol–water partition coefficient (Wildman–Crippen LogP) is 0.521. The van der Waals surface area contributed by atoms with Gasteiger partial charge in [0.2, 0.25) is 5.91 Å². The molecule has 1 aliphatic heterocycles. The highest BCUT2D eigenvalue weighted by Crippen LogP contribution is 2.22. The molecule has 0 atom stereocenters. The third-order valence-electron chi connectivity index (χ3n) is 3.59. The van der Waals surface area contributed by atoms with Crippen molar-refractivity contribution in [1.29, 1.82) is 0 Å². The summed E-state index contributed by atoms with van der Waals surface area (Å²) in [5.41, 5.74) is 2.03. The maximum Gasteiger partial charge on any atom is 0.262 e. The summed E-state index contributed by atoms with van der Waals surface area (Å²) >= 11 is 0. The van der Waals surface area contributed by atoms with Crippen LogP contribution in [0.4, 0.5) is 5.69 Å². The molecule has 1 fully saturated rings. The van der Waals surface area contributed by atoms with Crippen molar-refractivity contribution in [1.82, 2.24) is 10.3 Å². The molecule has 0 aliphatic carbocycles. The Morgan fingerprint density at radius 2 is 2.17 bits per heavy atom. The standard InChI is InChI=1S/C15H18N4O5/c20-13-6-5-11(8-12(13)19(23)24)9-16-17-14(21)10-18-7-3-1-2-4-15(18)22/h5-6,8-9,20H,1-4,7,10H2,(H,17,21)/p-1/b16-9-. The summed E-state index contributed by atoms with van der Waals surface area (Å²) < 4.78 is 0. The molecule has 0 aromatic heterocycles. The second kappa shape index (κ2) is 8.04. The van der Waals surface area contributed by atoms with E-state index < -0.39 is 22.3 Å². The van der Waals surface area contributed by atoms with Crippen molar-refractivity contribution in [3.8, 4) is 5.75 Å². The quantitative estimate of drug-likeness (QED) is 0.477. The molecule has 2 rings (SSSR count). The molecule has 1 heterocycles. The lowest BCUT2D eigenvalue weighted by atomic mass is 10.2. The first-order chi connectivity index (χ1) is 11.5. The van der Waals surface area contributed by atoms with Crippen LogP contribution in [0.5, 0.6) is 5.75 Å². The van der Waals surface area contributed by atoms with Gasteiger partial charge in [-0.1, -0.05) is 18.6 Å². The van der Waals surface area contributed by atoms with E-state index >= 15 is 0 Å². The molecule has 1 aromatic carbocycles. The van der Waals surface area contributed by atoms with Gasteiger partial charge in [-0.2, -0.15) is 5.10 Å². The minimum absolute atomic E-state index is 0.0479. The predicted molar refractivity (Wildman–Crippen MR) is 83.3 cm³/mol. The van der Waals surface area contributed by atoms with Crippen LogP contribution in [-0.4, -0.2) is 40.9 Å². The molecule has 1 N–H and O–H groups in total. The van der Waals surface area contributed by atoms with Gasteiger partial charge in [-0.05, 0) is 18.6 Å². The van der Waals surface area contributed by atoms with Crippen molar-refractivity contribution in [3.05, 3.63) is 33.9 Å². The molecule has 9 nitrogen and oxygen atoms in total. The third kappa shape index (κ3) is 4.77. The van der Waals surface area contributed by atoms with Crippen molar-refractivity contribution < 1.29 is 19.6 Å². The molecule has 0 spiro atoms. The molecule has 24 heavy (non-hydrogen) atoms. The lowest BCUT2D eigenvalue weighted by Crippen LogP contribution is -2.39. The normalized spacial score (nSPS) is 15.3. The van der Waals surface area contributed by atoms with Crippen molar-refractivity contribution >= 4 is 23.7 Å². The second-order valence-corrected chi connectivity index (χ2v) is 5.40. The van der Waals surface area contributed by atoms with Crippen LogP contribution in [0, 0.1) is 10.1 Å². The Bertz CT molecular complexity index is 674. The number of amides is 2. The summed E-state index contributed by atoms with van der Waals surface area (Å²) in [6, 6.07) is 3.51. The van der Waals surface area contributed by atoms with Gasteiger partial charge in [-0.25, -0.2) is 5.43 Å². The van der Waals surface area contributed by atoms with E-state index in [1.165, 1.54) is 17.2 Å². The number of nitro benzene ring substituents is 1. The molecule has 128 valence electrons. The third-order valence-corrected chi connectivity index (χ3v) is 3.59. The molecule has 0 bridgehead atoms. The van der Waals surface area contributed by atoms with Gasteiger partial charge in [0.1, 0.15) is 6.54 Å². The SMILES string of the molecule is O=C(CN1CCCCCC1=O)N/N=C\c1ccc([O-])c([N+](=O)[O-])c1. The molecule has 2 amide bonds. The zero-order chi connectivity index (χ0) is 17.5. The Hall–Kier alpha value is -2.97. The van der Waals surface area contributed by atoms with Gasteiger partial charge in [-0.3, -0.25) is 19.7 Å². The van der Waals surface area contributed by atoms with Gasteiger partial charge in [0.25, 0.3) is 11.6 Å². The number of carbonyl (C=O) groups excluding carboxylic acids is 2. The molecule has 1 saturated heterocycles. The zero-order valence-corrected chi connectivity index (χ0v) is 12.9. The number of nitrogens with zero attached hydrogens (tertiary/aromatic N) is 3. The molecule has 0 saturated carbocycles. The van der Waals surface area contributed by atoms with Crippen molar-refractivity contribution in [3.63, 3.8) is 0 Å². The Balaban J connectivity index is 1.91. The number of hydrazone groups is 1. The van der Waals surface area contributed by atoms with Crippen LogP contribution in [0.25, 0.3) is 0 Å². The zero-order valence-electron chi connectivity index (χ0n) is 12.9. The molecule has 1 aliphatic rings. The van der Waals surface area contributed by atoms with Crippen LogP contribution in [0.15, 0.2) is 23.3 Å². The van der Waals surface area contributed by atoms with Gasteiger partial charge in [0, 0.05) is 24.6 Å². The molecule has 0 radical (unpaired) electrons. The Morgan fingerprint density at radius 3 is 2.92 bits per heavy atom. The molecule has 0 unspecified atom stereocenters. The van der Waals surface area contributed by atoms with Crippen molar-refractivity contribution in [2.45, 2.75) is 25.7 Å². The lowest BCUT2D eigenvalue weighted by Gasteiger charge is -2.18. The fourth-order valence-electron chi connectivity index (χ4n) is 2.35. The van der Waals surface area contributed by atoms with Crippen LogP contribution in [0.3, 0.4) is 0 Å². The highest BCUT2D eigenvalue weighted by atomic mass is 16.6. The van der Waals surface area contributed by atoms with Gasteiger partial charge < -0.3 is 10.0 Å². The van der Waals surface area contributed by atoms with Gasteiger partial charge >= 0.3 is 0 Å². The van der Waals surface area contributed by atoms with E-state index in [4.69, 9.17) is 0 Å². The Labute approximate surface area is 138 Å². The molecule has 9 heteroatoms. The van der Waals surface area contributed by atoms with E-state index in [1.807, 2.05) is 0 Å². The second-order valence-electron chi connectivity index (χ2n) is 5.40. The number of carbonyl (C=O) groups is 2. The Morgan fingerprint density at radius 1 is 1.38 bits per heavy atom. The highest BCUT2D eigenvalue weighted by Gasteiger charge is 2.18. The van der Waals surface area contributed by atoms with Gasteiger partial charge in [0.15, 0.2) is 0 Å². The fourth-order valence-corrected chi connectivity index (χ4v) is 2.35. The number of nitrogens with one attached hydrogen (secondary N) is 1. The summed E-state index contributed by atoms with van der Waals surface area (Å²) in [5.74, 6) is -1.19. The van der Waals surface area contributed by atoms with E-state index in [2.05, 4.69) is 10.5 Å². The number of rotatable bonds is 5. The van der Waals surface area contributed by atoms with E-state index in [-0.39, 0.29) is 12.5 Å². The van der Waals surface area contributed by atoms with Crippen LogP contribution < -0.4 is 10.5 Å². The summed E-state index contributed by atoms with van der Waals surface area (Å²) in [6.07, 6.45) is 4.32. The van der Waals surface area contributed by atoms with Crippen LogP contribution >= 0.6 is 0 Å². The maximum atomic E-state index is 11.8. The topological polar surface area (TPSA) is 128 Å².